The van der Waals surface area contributed by atoms with Gasteiger partial charge >= 0.3 is 6.09 Å². The second-order valence-corrected chi connectivity index (χ2v) is 11.0. The van der Waals surface area contributed by atoms with Gasteiger partial charge < -0.3 is 24.7 Å². The number of H-pyrrole nitrogens is 1. The van der Waals surface area contributed by atoms with Crippen LogP contribution in [0.15, 0.2) is 53.5 Å². The van der Waals surface area contributed by atoms with E-state index in [0.29, 0.717) is 52.5 Å². The molecule has 11 heteroatoms. The highest BCUT2D eigenvalue weighted by Crippen LogP contribution is 2.30. The van der Waals surface area contributed by atoms with Crippen molar-refractivity contribution in [1.82, 2.24) is 19.9 Å². The lowest BCUT2D eigenvalue weighted by Crippen LogP contribution is -2.36. The molecule has 1 atom stereocenters. The molecule has 4 aromatic rings. The number of ether oxygens (including phenoxy) is 2. The predicted molar refractivity (Wildman–Crippen MR) is 151 cm³/mol. The number of likely N-dealkylation sites (tertiary alicyclic amines) is 1. The summed E-state index contributed by atoms with van der Waals surface area (Å²) in [6.45, 7) is 6.53. The maximum Gasteiger partial charge on any atom is 0.410 e. The third kappa shape index (κ3) is 6.62. The molecule has 2 aromatic carbocycles. The van der Waals surface area contributed by atoms with Gasteiger partial charge in [-0.25, -0.2) is 18.6 Å². The van der Waals surface area contributed by atoms with Crippen LogP contribution < -0.4 is 15.6 Å². The molecular weight excluding hydrogens is 532 g/mol. The summed E-state index contributed by atoms with van der Waals surface area (Å²) in [5.41, 5.74) is 1.77. The number of fused-ring (bicyclic) bond motifs is 1. The number of hydrogen-bond acceptors (Lipinski definition) is 7. The van der Waals surface area contributed by atoms with Gasteiger partial charge in [0.2, 0.25) is 0 Å². The Hall–Kier alpha value is -4.54. The van der Waals surface area contributed by atoms with E-state index in [2.05, 4.69) is 20.3 Å². The van der Waals surface area contributed by atoms with Crippen LogP contribution in [0.4, 0.5) is 19.3 Å². The molecule has 2 N–H and O–H groups in total. The lowest BCUT2D eigenvalue weighted by atomic mass is 10.1. The van der Waals surface area contributed by atoms with Crippen molar-refractivity contribution in [2.45, 2.75) is 45.3 Å². The summed E-state index contributed by atoms with van der Waals surface area (Å²) in [6, 6.07) is 10.0. The Labute approximate surface area is 235 Å². The summed E-state index contributed by atoms with van der Waals surface area (Å²) >= 11 is 0. The minimum atomic E-state index is -0.678. The lowest BCUT2D eigenvalue weighted by molar-refractivity contribution is 0.0293. The number of methoxy groups -OCH3 is 1. The Morgan fingerprint density at radius 1 is 1.15 bits per heavy atom. The largest absolute Gasteiger partial charge is 0.495 e. The molecule has 41 heavy (non-hydrogen) atoms. The second kappa shape index (κ2) is 11.1. The highest BCUT2D eigenvalue weighted by Gasteiger charge is 2.30. The summed E-state index contributed by atoms with van der Waals surface area (Å²) in [4.78, 5) is 38.9. The first-order chi connectivity index (χ1) is 19.5. The number of carbonyl (C=O) groups is 1. The molecular formula is C30H31F2N5O4. The standard InChI is InChI=1S/C30H31F2N5O4/c1-30(2,3)41-29(39)37-8-7-21(16-37)34-25-14-24-22(13-26(25)40-4)28(38)36-27(35-24)9-17-5-6-23(33-15-17)18-10-19(31)12-20(32)11-18/h5-6,10-15,21,34H,7-9,16H2,1-4H3,(H,35,36,38). The molecule has 1 aliphatic heterocycles. The van der Waals surface area contributed by atoms with Crippen LogP contribution in [-0.2, 0) is 11.2 Å². The van der Waals surface area contributed by atoms with E-state index in [1.165, 1.54) is 19.2 Å². The maximum absolute atomic E-state index is 13.6. The summed E-state index contributed by atoms with van der Waals surface area (Å²) in [7, 11) is 1.53. The molecule has 0 spiro atoms. The molecule has 0 bridgehead atoms. The van der Waals surface area contributed by atoms with Gasteiger partial charge in [0.25, 0.3) is 5.56 Å². The van der Waals surface area contributed by atoms with E-state index in [1.807, 2.05) is 20.8 Å². The Kier molecular flexibility index (Phi) is 7.61. The number of halogens is 2. The third-order valence-corrected chi connectivity index (χ3v) is 6.63. The third-order valence-electron chi connectivity index (χ3n) is 6.63. The first-order valence-electron chi connectivity index (χ1n) is 13.2. The molecule has 1 fully saturated rings. The molecule has 5 rings (SSSR count). The van der Waals surface area contributed by atoms with Crippen LogP contribution in [0.2, 0.25) is 0 Å². The predicted octanol–water partition coefficient (Wildman–Crippen LogP) is 5.28. The van der Waals surface area contributed by atoms with Gasteiger partial charge in [-0.2, -0.15) is 0 Å². The summed E-state index contributed by atoms with van der Waals surface area (Å²) < 4.78 is 38.2. The smallest absolute Gasteiger partial charge is 0.410 e. The summed E-state index contributed by atoms with van der Waals surface area (Å²) in [5.74, 6) is -0.436. The fourth-order valence-electron chi connectivity index (χ4n) is 4.77. The SMILES string of the molecule is COc1cc2c(=O)[nH]c(Cc3ccc(-c4cc(F)cc(F)c4)nc3)nc2cc1NC1CCN(C(=O)OC(C)(C)C)C1. The average molecular weight is 564 g/mol. The van der Waals surface area contributed by atoms with Crippen LogP contribution in [0.25, 0.3) is 22.2 Å². The molecule has 214 valence electrons. The minimum absolute atomic E-state index is 0.0357. The molecule has 3 heterocycles. The number of rotatable bonds is 6. The van der Waals surface area contributed by atoms with Crippen molar-refractivity contribution in [2.75, 3.05) is 25.5 Å². The second-order valence-electron chi connectivity index (χ2n) is 11.0. The molecule has 2 aromatic heterocycles. The Balaban J connectivity index is 1.34. The van der Waals surface area contributed by atoms with E-state index < -0.39 is 17.2 Å². The molecule has 0 aliphatic carbocycles. The minimum Gasteiger partial charge on any atom is -0.495 e. The highest BCUT2D eigenvalue weighted by molar-refractivity contribution is 5.85. The number of pyridine rings is 1. The van der Waals surface area contributed by atoms with Gasteiger partial charge in [-0.1, -0.05) is 6.07 Å². The van der Waals surface area contributed by atoms with Gasteiger partial charge in [0.15, 0.2) is 0 Å². The first kappa shape index (κ1) is 28.0. The van der Waals surface area contributed by atoms with Crippen molar-refractivity contribution < 1.29 is 23.0 Å². The Bertz CT molecular complexity index is 1630. The van der Waals surface area contributed by atoms with Crippen LogP contribution in [0.5, 0.6) is 5.75 Å². The van der Waals surface area contributed by atoms with Crippen molar-refractivity contribution >= 4 is 22.7 Å². The molecule has 1 aliphatic rings. The molecule has 1 amide bonds. The number of anilines is 1. The van der Waals surface area contributed by atoms with E-state index in [0.717, 1.165) is 18.1 Å². The van der Waals surface area contributed by atoms with E-state index in [1.54, 1.807) is 35.4 Å². The number of benzene rings is 2. The zero-order valence-corrected chi connectivity index (χ0v) is 23.3. The van der Waals surface area contributed by atoms with Crippen molar-refractivity contribution in [1.29, 1.82) is 0 Å². The van der Waals surface area contributed by atoms with Crippen LogP contribution in [0.3, 0.4) is 0 Å². The number of hydrogen-bond donors (Lipinski definition) is 2. The topological polar surface area (TPSA) is 109 Å². The molecule has 1 unspecified atom stereocenters. The van der Waals surface area contributed by atoms with Crippen LogP contribution in [0, 0.1) is 11.6 Å². The zero-order valence-electron chi connectivity index (χ0n) is 23.3. The maximum atomic E-state index is 13.6. The van der Waals surface area contributed by atoms with E-state index in [9.17, 15) is 18.4 Å². The molecule has 1 saturated heterocycles. The Morgan fingerprint density at radius 2 is 1.90 bits per heavy atom. The molecule has 9 nitrogen and oxygen atoms in total. The van der Waals surface area contributed by atoms with Crippen LogP contribution in [-0.4, -0.2) is 57.8 Å². The van der Waals surface area contributed by atoms with Gasteiger partial charge in [-0.05, 0) is 63.1 Å². The van der Waals surface area contributed by atoms with Crippen molar-refractivity contribution in [2.24, 2.45) is 0 Å². The van der Waals surface area contributed by atoms with Gasteiger partial charge in [0, 0.05) is 43.4 Å². The van der Waals surface area contributed by atoms with E-state index in [4.69, 9.17) is 9.47 Å². The van der Waals surface area contributed by atoms with Gasteiger partial charge in [-0.3, -0.25) is 9.78 Å². The van der Waals surface area contributed by atoms with Gasteiger partial charge in [0.05, 0.1) is 29.4 Å². The average Bonchev–Trinajstić information content (AvgIpc) is 3.36. The Morgan fingerprint density at radius 3 is 2.56 bits per heavy atom. The highest BCUT2D eigenvalue weighted by atomic mass is 19.1. The summed E-state index contributed by atoms with van der Waals surface area (Å²) in [5, 5.41) is 3.80. The summed E-state index contributed by atoms with van der Waals surface area (Å²) in [6.07, 6.45) is 2.24. The van der Waals surface area contributed by atoms with Crippen LogP contribution >= 0.6 is 0 Å². The number of nitrogens with zero attached hydrogens (tertiary/aromatic N) is 3. The fraction of sp³-hybridized carbons (Fsp3) is 0.333. The molecule has 0 saturated carbocycles. The number of amides is 1. The quantitative estimate of drug-likeness (QED) is 0.328. The number of aromatic nitrogens is 3. The zero-order chi connectivity index (χ0) is 29.3. The normalized spacial score (nSPS) is 15.3. The van der Waals surface area contributed by atoms with Crippen molar-refractivity contribution in [3.05, 3.63) is 82.0 Å². The van der Waals surface area contributed by atoms with E-state index >= 15 is 0 Å². The van der Waals surface area contributed by atoms with Crippen LogP contribution in [0.1, 0.15) is 38.6 Å². The number of carbonyl (C=O) groups excluding carboxylic acids is 1. The van der Waals surface area contributed by atoms with Gasteiger partial charge in [0.1, 0.15) is 28.8 Å². The lowest BCUT2D eigenvalue weighted by Gasteiger charge is -2.24. The first-order valence-corrected chi connectivity index (χ1v) is 13.2. The molecule has 0 radical (unpaired) electrons. The van der Waals surface area contributed by atoms with Gasteiger partial charge in [-0.15, -0.1) is 0 Å². The number of aromatic amines is 1. The fourth-order valence-corrected chi connectivity index (χ4v) is 4.77. The monoisotopic (exact) mass is 563 g/mol. The van der Waals surface area contributed by atoms with E-state index in [-0.39, 0.29) is 24.1 Å². The van der Waals surface area contributed by atoms with Crippen molar-refractivity contribution in [3.8, 4) is 17.0 Å². The van der Waals surface area contributed by atoms with Crippen molar-refractivity contribution in [3.63, 3.8) is 0 Å². The number of nitrogens with one attached hydrogen (secondary N) is 2.